The van der Waals surface area contributed by atoms with Crippen molar-refractivity contribution < 1.29 is 4.74 Å². The number of benzene rings is 1. The minimum Gasteiger partial charge on any atom is -0.380 e. The summed E-state index contributed by atoms with van der Waals surface area (Å²) in [6.45, 7) is 9.30. The molecule has 1 aromatic carbocycles. The number of ether oxygens (including phenoxy) is 1. The highest BCUT2D eigenvalue weighted by atomic mass is 16.5. The molecule has 0 aromatic heterocycles. The van der Waals surface area contributed by atoms with E-state index in [1.807, 2.05) is 0 Å². The van der Waals surface area contributed by atoms with Crippen molar-refractivity contribution >= 4 is 0 Å². The Morgan fingerprint density at radius 2 is 2.05 bits per heavy atom. The van der Waals surface area contributed by atoms with E-state index in [1.54, 1.807) is 0 Å². The Hall–Kier alpha value is -0.900. The average molecular weight is 288 g/mol. The number of hydrogen-bond donors (Lipinski definition) is 1. The van der Waals surface area contributed by atoms with Gasteiger partial charge in [-0.25, -0.2) is 0 Å². The van der Waals surface area contributed by atoms with Crippen LogP contribution in [0.4, 0.5) is 0 Å². The van der Waals surface area contributed by atoms with Gasteiger partial charge < -0.3 is 10.1 Å². The molecule has 3 rings (SSSR count). The van der Waals surface area contributed by atoms with Gasteiger partial charge in [-0.1, -0.05) is 30.3 Å². The Kier molecular flexibility index (Phi) is 4.63. The molecule has 0 amide bonds. The summed E-state index contributed by atoms with van der Waals surface area (Å²) in [7, 11) is 0. The second-order valence-electron chi connectivity index (χ2n) is 6.65. The smallest absolute Gasteiger partial charge is 0.0593 e. The first-order valence-electron chi connectivity index (χ1n) is 8.35. The van der Waals surface area contributed by atoms with Gasteiger partial charge in [0.2, 0.25) is 0 Å². The highest BCUT2D eigenvalue weighted by Gasteiger charge is 2.42. The van der Waals surface area contributed by atoms with Crippen LogP contribution >= 0.6 is 0 Å². The largest absolute Gasteiger partial charge is 0.380 e. The standard InChI is InChI=1S/C18H28N2O/c1-3-21-12-11-20-14-18(2,16-7-5-4-6-8-16)19-13-17(20)15-9-10-15/h4-8,15,17,19H,3,9-14H2,1-2H3. The lowest BCUT2D eigenvalue weighted by atomic mass is 9.87. The zero-order chi connectivity index (χ0) is 14.7. The summed E-state index contributed by atoms with van der Waals surface area (Å²) in [5.74, 6) is 0.902. The summed E-state index contributed by atoms with van der Waals surface area (Å²) >= 11 is 0. The zero-order valence-corrected chi connectivity index (χ0v) is 13.3. The summed E-state index contributed by atoms with van der Waals surface area (Å²) in [5, 5.41) is 3.82. The van der Waals surface area contributed by atoms with Gasteiger partial charge in [0.15, 0.2) is 0 Å². The Morgan fingerprint density at radius 1 is 1.29 bits per heavy atom. The zero-order valence-electron chi connectivity index (χ0n) is 13.3. The molecule has 1 heterocycles. The molecule has 21 heavy (non-hydrogen) atoms. The number of hydrogen-bond acceptors (Lipinski definition) is 3. The van der Waals surface area contributed by atoms with Crippen molar-refractivity contribution in [2.75, 3.05) is 32.8 Å². The Bertz CT molecular complexity index is 446. The normalized spacial score (nSPS) is 30.5. The van der Waals surface area contributed by atoms with Crippen LogP contribution in [-0.2, 0) is 10.3 Å². The van der Waals surface area contributed by atoms with E-state index in [1.165, 1.54) is 18.4 Å². The lowest BCUT2D eigenvalue weighted by Crippen LogP contribution is -2.62. The molecule has 1 aliphatic heterocycles. The molecule has 2 unspecified atom stereocenters. The summed E-state index contributed by atoms with van der Waals surface area (Å²) in [5.41, 5.74) is 1.44. The third-order valence-electron chi connectivity index (χ3n) is 4.99. The summed E-state index contributed by atoms with van der Waals surface area (Å²) < 4.78 is 5.60. The highest BCUT2D eigenvalue weighted by molar-refractivity contribution is 5.25. The molecule has 0 spiro atoms. The van der Waals surface area contributed by atoms with Crippen LogP contribution in [0.2, 0.25) is 0 Å². The predicted octanol–water partition coefficient (Wildman–Crippen LogP) is 2.62. The highest BCUT2D eigenvalue weighted by Crippen LogP contribution is 2.38. The second-order valence-corrected chi connectivity index (χ2v) is 6.65. The van der Waals surface area contributed by atoms with Crippen molar-refractivity contribution in [3.63, 3.8) is 0 Å². The van der Waals surface area contributed by atoms with E-state index in [2.05, 4.69) is 54.4 Å². The van der Waals surface area contributed by atoms with E-state index in [0.29, 0.717) is 6.04 Å². The molecule has 1 aromatic rings. The van der Waals surface area contributed by atoms with Gasteiger partial charge in [-0.05, 0) is 38.2 Å². The minimum atomic E-state index is 0.0544. The topological polar surface area (TPSA) is 24.5 Å². The summed E-state index contributed by atoms with van der Waals surface area (Å²) in [4.78, 5) is 2.66. The fourth-order valence-corrected chi connectivity index (χ4v) is 3.55. The molecule has 0 radical (unpaired) electrons. The fourth-order valence-electron chi connectivity index (χ4n) is 3.55. The molecule has 3 nitrogen and oxygen atoms in total. The van der Waals surface area contributed by atoms with Gasteiger partial charge in [-0.2, -0.15) is 0 Å². The molecule has 1 saturated carbocycles. The minimum absolute atomic E-state index is 0.0544. The third-order valence-corrected chi connectivity index (χ3v) is 4.99. The van der Waals surface area contributed by atoms with E-state index in [9.17, 15) is 0 Å². The predicted molar refractivity (Wildman–Crippen MR) is 86.4 cm³/mol. The fraction of sp³-hybridized carbons (Fsp3) is 0.667. The first-order chi connectivity index (χ1) is 10.2. The Morgan fingerprint density at radius 3 is 2.71 bits per heavy atom. The van der Waals surface area contributed by atoms with Crippen molar-refractivity contribution in [2.45, 2.75) is 38.3 Å². The molecule has 3 heteroatoms. The van der Waals surface area contributed by atoms with Gasteiger partial charge in [0, 0.05) is 32.3 Å². The van der Waals surface area contributed by atoms with E-state index in [0.717, 1.165) is 38.8 Å². The monoisotopic (exact) mass is 288 g/mol. The van der Waals surface area contributed by atoms with Crippen molar-refractivity contribution in [3.05, 3.63) is 35.9 Å². The molecule has 1 saturated heterocycles. The maximum atomic E-state index is 5.60. The molecular weight excluding hydrogens is 260 g/mol. The van der Waals surface area contributed by atoms with Crippen LogP contribution in [0.25, 0.3) is 0 Å². The van der Waals surface area contributed by atoms with Crippen molar-refractivity contribution in [3.8, 4) is 0 Å². The van der Waals surface area contributed by atoms with Gasteiger partial charge in [0.25, 0.3) is 0 Å². The van der Waals surface area contributed by atoms with Gasteiger partial charge in [0.1, 0.15) is 0 Å². The van der Waals surface area contributed by atoms with E-state index in [4.69, 9.17) is 4.74 Å². The van der Waals surface area contributed by atoms with Crippen LogP contribution in [0, 0.1) is 5.92 Å². The van der Waals surface area contributed by atoms with E-state index in [-0.39, 0.29) is 5.54 Å². The van der Waals surface area contributed by atoms with E-state index < -0.39 is 0 Å². The maximum absolute atomic E-state index is 5.60. The first-order valence-corrected chi connectivity index (χ1v) is 8.35. The molecule has 1 N–H and O–H groups in total. The number of nitrogens with zero attached hydrogens (tertiary/aromatic N) is 1. The van der Waals surface area contributed by atoms with Gasteiger partial charge in [-0.3, -0.25) is 4.90 Å². The number of piperazine rings is 1. The van der Waals surface area contributed by atoms with Gasteiger partial charge >= 0.3 is 0 Å². The third kappa shape index (κ3) is 3.47. The summed E-state index contributed by atoms with van der Waals surface area (Å²) in [6.07, 6.45) is 2.80. The second kappa shape index (κ2) is 6.47. The number of rotatable bonds is 6. The van der Waals surface area contributed by atoms with Crippen molar-refractivity contribution in [2.24, 2.45) is 5.92 Å². The van der Waals surface area contributed by atoms with Crippen molar-refractivity contribution in [1.82, 2.24) is 10.2 Å². The quantitative estimate of drug-likeness (QED) is 0.814. The average Bonchev–Trinajstić information content (AvgIpc) is 3.33. The molecule has 116 valence electrons. The molecular formula is C18H28N2O. The van der Waals surface area contributed by atoms with Crippen molar-refractivity contribution in [1.29, 1.82) is 0 Å². The van der Waals surface area contributed by atoms with Crippen LogP contribution in [0.15, 0.2) is 30.3 Å². The number of nitrogens with one attached hydrogen (secondary N) is 1. The van der Waals surface area contributed by atoms with E-state index >= 15 is 0 Å². The SMILES string of the molecule is CCOCCN1CC(C)(c2ccccc2)NCC1C1CC1. The Balaban J connectivity index is 1.71. The van der Waals surface area contributed by atoms with Gasteiger partial charge in [0.05, 0.1) is 12.1 Å². The molecule has 2 fully saturated rings. The van der Waals surface area contributed by atoms with Gasteiger partial charge in [-0.15, -0.1) is 0 Å². The molecule has 2 aliphatic rings. The molecule has 2 atom stereocenters. The van der Waals surface area contributed by atoms with Crippen LogP contribution in [0.1, 0.15) is 32.3 Å². The van der Waals surface area contributed by atoms with Crippen LogP contribution < -0.4 is 5.32 Å². The van der Waals surface area contributed by atoms with Crippen LogP contribution in [-0.4, -0.2) is 43.8 Å². The molecule has 1 aliphatic carbocycles. The lowest BCUT2D eigenvalue weighted by Gasteiger charge is -2.47. The first kappa shape index (κ1) is 15.0. The van der Waals surface area contributed by atoms with Crippen LogP contribution in [0.3, 0.4) is 0 Å². The molecule has 0 bridgehead atoms. The summed E-state index contributed by atoms with van der Waals surface area (Å²) in [6, 6.07) is 11.5. The Labute approximate surface area is 128 Å². The maximum Gasteiger partial charge on any atom is 0.0593 e. The lowest BCUT2D eigenvalue weighted by molar-refractivity contribution is 0.0393. The van der Waals surface area contributed by atoms with Crippen LogP contribution in [0.5, 0.6) is 0 Å².